The van der Waals surface area contributed by atoms with Crippen LogP contribution in [0.4, 0.5) is 8.78 Å². The molecule has 1 atom stereocenters. The van der Waals surface area contributed by atoms with E-state index in [2.05, 4.69) is 5.32 Å². The first-order valence-electron chi connectivity index (χ1n) is 6.46. The molecule has 0 fully saturated rings. The number of likely N-dealkylation sites (N-methyl/N-ethyl adjacent to an activating group) is 1. The van der Waals surface area contributed by atoms with Gasteiger partial charge in [0.1, 0.15) is 6.04 Å². The van der Waals surface area contributed by atoms with E-state index in [0.717, 1.165) is 6.07 Å². The molecule has 0 aliphatic rings. The summed E-state index contributed by atoms with van der Waals surface area (Å²) >= 11 is 0. The third-order valence-electron chi connectivity index (χ3n) is 2.72. The lowest BCUT2D eigenvalue weighted by Gasteiger charge is -2.19. The molecular weight excluding hydrogens is 266 g/mol. The molecule has 0 aromatic heterocycles. The number of rotatable bonds is 7. The zero-order valence-corrected chi connectivity index (χ0v) is 12.0. The van der Waals surface area contributed by atoms with Gasteiger partial charge in [-0.05, 0) is 27.1 Å². The molecule has 1 N–H and O–H groups in total. The molecule has 0 aliphatic carbocycles. The van der Waals surface area contributed by atoms with Crippen LogP contribution in [0, 0.1) is 11.6 Å². The van der Waals surface area contributed by atoms with Gasteiger partial charge in [-0.3, -0.25) is 5.32 Å². The number of esters is 1. The Hall–Kier alpha value is -1.53. The van der Waals surface area contributed by atoms with Crippen molar-refractivity contribution in [2.75, 3.05) is 33.8 Å². The Kier molecular flexibility index (Phi) is 6.54. The Morgan fingerprint density at radius 3 is 2.70 bits per heavy atom. The number of hydrogen-bond acceptors (Lipinski definition) is 4. The van der Waals surface area contributed by atoms with Gasteiger partial charge in [-0.1, -0.05) is 12.1 Å². The van der Waals surface area contributed by atoms with Crippen LogP contribution in [-0.2, 0) is 9.53 Å². The van der Waals surface area contributed by atoms with Crippen molar-refractivity contribution in [2.24, 2.45) is 0 Å². The van der Waals surface area contributed by atoms with E-state index in [0.29, 0.717) is 13.1 Å². The maximum absolute atomic E-state index is 13.8. The van der Waals surface area contributed by atoms with Crippen molar-refractivity contribution < 1.29 is 18.3 Å². The quantitative estimate of drug-likeness (QED) is 0.775. The van der Waals surface area contributed by atoms with E-state index < -0.39 is 23.6 Å². The third kappa shape index (κ3) is 4.54. The average Bonchev–Trinajstić information content (AvgIpc) is 2.38. The molecular formula is C14H20F2N2O2. The van der Waals surface area contributed by atoms with E-state index in [-0.39, 0.29) is 12.2 Å². The summed E-state index contributed by atoms with van der Waals surface area (Å²) in [4.78, 5) is 13.8. The highest BCUT2D eigenvalue weighted by Crippen LogP contribution is 2.20. The van der Waals surface area contributed by atoms with Gasteiger partial charge in [-0.15, -0.1) is 0 Å². The van der Waals surface area contributed by atoms with E-state index in [4.69, 9.17) is 4.74 Å². The molecule has 1 aromatic rings. The zero-order chi connectivity index (χ0) is 15.1. The van der Waals surface area contributed by atoms with Crippen LogP contribution in [-0.4, -0.2) is 44.7 Å². The minimum Gasteiger partial charge on any atom is -0.465 e. The first-order valence-corrected chi connectivity index (χ1v) is 6.46. The van der Waals surface area contributed by atoms with Gasteiger partial charge < -0.3 is 9.64 Å². The Morgan fingerprint density at radius 1 is 1.40 bits per heavy atom. The van der Waals surface area contributed by atoms with Gasteiger partial charge in [0.05, 0.1) is 6.61 Å². The minimum atomic E-state index is -1.03. The third-order valence-corrected chi connectivity index (χ3v) is 2.72. The van der Waals surface area contributed by atoms with Crippen molar-refractivity contribution in [1.29, 1.82) is 0 Å². The number of benzene rings is 1. The molecule has 4 nitrogen and oxygen atoms in total. The summed E-state index contributed by atoms with van der Waals surface area (Å²) in [5, 5.41) is 2.90. The fraction of sp³-hybridized carbons (Fsp3) is 0.500. The Morgan fingerprint density at radius 2 is 2.10 bits per heavy atom. The van der Waals surface area contributed by atoms with Gasteiger partial charge in [-0.2, -0.15) is 0 Å². The number of carbonyl (C=O) groups excluding carboxylic acids is 1. The van der Waals surface area contributed by atoms with Crippen molar-refractivity contribution in [2.45, 2.75) is 13.0 Å². The van der Waals surface area contributed by atoms with Gasteiger partial charge in [0.2, 0.25) is 0 Å². The van der Waals surface area contributed by atoms with E-state index in [9.17, 15) is 13.6 Å². The van der Waals surface area contributed by atoms with E-state index in [1.54, 1.807) is 6.92 Å². The molecule has 0 radical (unpaired) electrons. The highest BCUT2D eigenvalue weighted by molar-refractivity contribution is 5.77. The molecule has 0 spiro atoms. The van der Waals surface area contributed by atoms with Crippen molar-refractivity contribution in [3.05, 3.63) is 35.4 Å². The first-order chi connectivity index (χ1) is 9.47. The lowest BCUT2D eigenvalue weighted by Crippen LogP contribution is -2.35. The molecule has 0 aliphatic heterocycles. The molecule has 1 unspecified atom stereocenters. The summed E-state index contributed by atoms with van der Waals surface area (Å²) in [5.74, 6) is -2.62. The number of halogens is 2. The Balaban J connectivity index is 2.91. The fourth-order valence-corrected chi connectivity index (χ4v) is 1.72. The lowest BCUT2D eigenvalue weighted by atomic mass is 10.1. The summed E-state index contributed by atoms with van der Waals surface area (Å²) in [6, 6.07) is 2.75. The number of hydrogen-bond donors (Lipinski definition) is 1. The van der Waals surface area contributed by atoms with Crippen molar-refractivity contribution in [3.63, 3.8) is 0 Å². The standard InChI is InChI=1S/C14H20F2N2O2/c1-4-20-14(19)13(17-8-9-18(2)3)10-6-5-7-11(15)12(10)16/h5-7,13,17H,4,8-9H2,1-3H3. The highest BCUT2D eigenvalue weighted by atomic mass is 19.2. The van der Waals surface area contributed by atoms with Crippen LogP contribution in [0.15, 0.2) is 18.2 Å². The van der Waals surface area contributed by atoms with Gasteiger partial charge in [-0.25, -0.2) is 13.6 Å². The van der Waals surface area contributed by atoms with Crippen molar-refractivity contribution >= 4 is 5.97 Å². The van der Waals surface area contributed by atoms with Crippen LogP contribution < -0.4 is 5.32 Å². The first kappa shape index (κ1) is 16.5. The predicted octanol–water partition coefficient (Wildman–Crippen LogP) is 1.72. The molecule has 0 amide bonds. The average molecular weight is 286 g/mol. The second-order valence-electron chi connectivity index (χ2n) is 4.59. The second kappa shape index (κ2) is 7.91. The van der Waals surface area contributed by atoms with E-state index in [1.165, 1.54) is 12.1 Å². The molecule has 112 valence electrons. The van der Waals surface area contributed by atoms with Crippen LogP contribution in [0.5, 0.6) is 0 Å². The SMILES string of the molecule is CCOC(=O)C(NCCN(C)C)c1cccc(F)c1F. The summed E-state index contributed by atoms with van der Waals surface area (Å²) in [7, 11) is 3.76. The fourth-order valence-electron chi connectivity index (χ4n) is 1.72. The minimum absolute atomic E-state index is 0.0396. The number of carbonyl (C=O) groups is 1. The molecule has 0 saturated carbocycles. The normalized spacial score (nSPS) is 12.5. The highest BCUT2D eigenvalue weighted by Gasteiger charge is 2.25. The van der Waals surface area contributed by atoms with Crippen molar-refractivity contribution in [3.8, 4) is 0 Å². The van der Waals surface area contributed by atoms with Crippen LogP contribution in [0.3, 0.4) is 0 Å². The molecule has 0 heterocycles. The molecule has 1 rings (SSSR count). The molecule has 1 aromatic carbocycles. The number of nitrogens with one attached hydrogen (secondary N) is 1. The van der Waals surface area contributed by atoms with Gasteiger partial charge >= 0.3 is 5.97 Å². The summed E-state index contributed by atoms with van der Waals surface area (Å²) < 4.78 is 32.0. The lowest BCUT2D eigenvalue weighted by molar-refractivity contribution is -0.146. The van der Waals surface area contributed by atoms with Crippen LogP contribution >= 0.6 is 0 Å². The zero-order valence-electron chi connectivity index (χ0n) is 12.0. The van der Waals surface area contributed by atoms with Gasteiger partial charge in [0.15, 0.2) is 11.6 Å². The summed E-state index contributed by atoms with van der Waals surface area (Å²) in [5.41, 5.74) is -0.0396. The van der Waals surface area contributed by atoms with Gasteiger partial charge in [0.25, 0.3) is 0 Å². The summed E-state index contributed by atoms with van der Waals surface area (Å²) in [6.45, 7) is 2.96. The van der Waals surface area contributed by atoms with E-state index in [1.807, 2.05) is 19.0 Å². The van der Waals surface area contributed by atoms with Crippen LogP contribution in [0.1, 0.15) is 18.5 Å². The predicted molar refractivity (Wildman–Crippen MR) is 72.3 cm³/mol. The topological polar surface area (TPSA) is 41.6 Å². The van der Waals surface area contributed by atoms with Gasteiger partial charge in [0, 0.05) is 18.7 Å². The largest absolute Gasteiger partial charge is 0.465 e. The van der Waals surface area contributed by atoms with Crippen LogP contribution in [0.2, 0.25) is 0 Å². The maximum atomic E-state index is 13.8. The Bertz CT molecular complexity index is 453. The second-order valence-corrected chi connectivity index (χ2v) is 4.59. The Labute approximate surface area is 117 Å². The molecule has 6 heteroatoms. The summed E-state index contributed by atoms with van der Waals surface area (Å²) in [6.07, 6.45) is 0. The monoisotopic (exact) mass is 286 g/mol. The smallest absolute Gasteiger partial charge is 0.327 e. The molecule has 20 heavy (non-hydrogen) atoms. The number of ether oxygens (including phenoxy) is 1. The molecule has 0 saturated heterocycles. The number of nitrogens with zero attached hydrogens (tertiary/aromatic N) is 1. The van der Waals surface area contributed by atoms with Crippen LogP contribution in [0.25, 0.3) is 0 Å². The van der Waals surface area contributed by atoms with Crippen molar-refractivity contribution in [1.82, 2.24) is 10.2 Å². The molecule has 0 bridgehead atoms. The maximum Gasteiger partial charge on any atom is 0.327 e. The van der Waals surface area contributed by atoms with E-state index >= 15 is 0 Å².